The summed E-state index contributed by atoms with van der Waals surface area (Å²) in [6, 6.07) is 5.19. The monoisotopic (exact) mass is 265 g/mol. The number of carbonyl (C=O) groups excluding carboxylic acids is 1. The highest BCUT2D eigenvalue weighted by Gasteiger charge is 2.18. The van der Waals surface area contributed by atoms with Crippen LogP contribution in [0.5, 0.6) is 11.5 Å². The van der Waals surface area contributed by atoms with E-state index in [1.54, 1.807) is 23.1 Å². The predicted molar refractivity (Wildman–Crippen MR) is 70.7 cm³/mol. The minimum Gasteiger partial charge on any atom is -0.486 e. The number of rotatable bonds is 5. The summed E-state index contributed by atoms with van der Waals surface area (Å²) in [7, 11) is 0. The minimum atomic E-state index is -0.0899. The maximum Gasteiger partial charge on any atom is 0.254 e. The van der Waals surface area contributed by atoms with Crippen molar-refractivity contribution in [3.05, 3.63) is 23.8 Å². The van der Waals surface area contributed by atoms with Gasteiger partial charge in [0, 0.05) is 18.7 Å². The maximum atomic E-state index is 12.3. The van der Waals surface area contributed by atoms with E-state index in [9.17, 15) is 4.79 Å². The first-order valence-electron chi connectivity index (χ1n) is 6.56. The van der Waals surface area contributed by atoms with Crippen LogP contribution in [0.3, 0.4) is 0 Å². The quantitative estimate of drug-likeness (QED) is 0.872. The molecular formula is C14H19NO4. The Balaban J connectivity index is 2.17. The second-order valence-corrected chi connectivity index (χ2v) is 4.37. The molecule has 0 bridgehead atoms. The Kier molecular flexibility index (Phi) is 4.63. The first-order valence-corrected chi connectivity index (χ1v) is 6.56. The van der Waals surface area contributed by atoms with Gasteiger partial charge in [0.05, 0.1) is 6.61 Å². The van der Waals surface area contributed by atoms with Gasteiger partial charge < -0.3 is 19.5 Å². The third kappa shape index (κ3) is 3.17. The van der Waals surface area contributed by atoms with E-state index in [2.05, 4.69) is 0 Å². The van der Waals surface area contributed by atoms with E-state index in [1.807, 2.05) is 6.92 Å². The van der Waals surface area contributed by atoms with Gasteiger partial charge in [-0.25, -0.2) is 0 Å². The number of hydrogen-bond acceptors (Lipinski definition) is 4. The van der Waals surface area contributed by atoms with Crippen molar-refractivity contribution in [2.45, 2.75) is 13.3 Å². The van der Waals surface area contributed by atoms with Crippen LogP contribution in [0.1, 0.15) is 23.7 Å². The lowest BCUT2D eigenvalue weighted by Crippen LogP contribution is -2.34. The van der Waals surface area contributed by atoms with Gasteiger partial charge in [0.25, 0.3) is 5.91 Å². The second kappa shape index (κ2) is 6.43. The van der Waals surface area contributed by atoms with Gasteiger partial charge in [0.2, 0.25) is 0 Å². The molecule has 0 atom stereocenters. The van der Waals surface area contributed by atoms with E-state index in [4.69, 9.17) is 14.6 Å². The molecule has 5 nitrogen and oxygen atoms in total. The first kappa shape index (κ1) is 13.7. The molecule has 0 aromatic heterocycles. The zero-order valence-corrected chi connectivity index (χ0v) is 11.1. The van der Waals surface area contributed by atoms with Crippen LogP contribution < -0.4 is 9.47 Å². The average Bonchev–Trinajstić information content (AvgIpc) is 2.46. The number of aliphatic hydroxyl groups is 1. The van der Waals surface area contributed by atoms with Crippen molar-refractivity contribution < 1.29 is 19.4 Å². The zero-order chi connectivity index (χ0) is 13.7. The van der Waals surface area contributed by atoms with Crippen molar-refractivity contribution in [1.29, 1.82) is 0 Å². The molecule has 0 unspecified atom stereocenters. The summed E-state index contributed by atoms with van der Waals surface area (Å²) in [5, 5.41) is 9.01. The van der Waals surface area contributed by atoms with E-state index in [1.165, 1.54) is 0 Å². The Morgan fingerprint density at radius 2 is 2.00 bits per heavy atom. The molecule has 0 fully saturated rings. The number of aliphatic hydroxyl groups excluding tert-OH is 1. The fourth-order valence-corrected chi connectivity index (χ4v) is 2.06. The molecule has 1 heterocycles. The summed E-state index contributed by atoms with van der Waals surface area (Å²) in [5.74, 6) is 1.19. The fourth-order valence-electron chi connectivity index (χ4n) is 2.06. The van der Waals surface area contributed by atoms with Crippen LogP contribution in [0.4, 0.5) is 0 Å². The number of amides is 1. The molecule has 5 heteroatoms. The molecule has 1 aliphatic heterocycles. The summed E-state index contributed by atoms with van der Waals surface area (Å²) in [5.41, 5.74) is 0.561. The summed E-state index contributed by atoms with van der Waals surface area (Å²) in [6.07, 6.45) is 0.857. The molecule has 104 valence electrons. The molecular weight excluding hydrogens is 246 g/mol. The normalized spacial score (nSPS) is 13.2. The van der Waals surface area contributed by atoms with Crippen LogP contribution >= 0.6 is 0 Å². The smallest absolute Gasteiger partial charge is 0.254 e. The van der Waals surface area contributed by atoms with Gasteiger partial charge in [-0.05, 0) is 24.6 Å². The number of hydrogen-bond donors (Lipinski definition) is 1. The molecule has 1 aromatic rings. The Morgan fingerprint density at radius 1 is 1.26 bits per heavy atom. The topological polar surface area (TPSA) is 59.0 Å². The van der Waals surface area contributed by atoms with Crippen molar-refractivity contribution in [2.24, 2.45) is 0 Å². The van der Waals surface area contributed by atoms with E-state index in [0.717, 1.165) is 6.42 Å². The van der Waals surface area contributed by atoms with Gasteiger partial charge >= 0.3 is 0 Å². The highest BCUT2D eigenvalue weighted by molar-refractivity contribution is 5.95. The van der Waals surface area contributed by atoms with Crippen molar-refractivity contribution in [3.8, 4) is 11.5 Å². The summed E-state index contributed by atoms with van der Waals surface area (Å²) in [6.45, 7) is 3.99. The standard InChI is InChI=1S/C14H19NO4/c1-2-5-15(6-7-16)14(17)11-3-4-12-13(10-11)19-9-8-18-12/h3-4,10,16H,2,5-9H2,1H3. The largest absolute Gasteiger partial charge is 0.486 e. The highest BCUT2D eigenvalue weighted by Crippen LogP contribution is 2.31. The Labute approximate surface area is 112 Å². The molecule has 19 heavy (non-hydrogen) atoms. The lowest BCUT2D eigenvalue weighted by molar-refractivity contribution is 0.0721. The molecule has 1 amide bonds. The van der Waals surface area contributed by atoms with Crippen LogP contribution in [0.25, 0.3) is 0 Å². The molecule has 0 saturated heterocycles. The number of nitrogens with zero attached hydrogens (tertiary/aromatic N) is 1. The Hall–Kier alpha value is -1.75. The van der Waals surface area contributed by atoms with Gasteiger partial charge in [0.15, 0.2) is 11.5 Å². The molecule has 0 radical (unpaired) electrons. The molecule has 0 spiro atoms. The van der Waals surface area contributed by atoms with Crippen molar-refractivity contribution in [3.63, 3.8) is 0 Å². The highest BCUT2D eigenvalue weighted by atomic mass is 16.6. The number of benzene rings is 1. The molecule has 0 aliphatic carbocycles. The van der Waals surface area contributed by atoms with Crippen molar-refractivity contribution in [2.75, 3.05) is 32.9 Å². The van der Waals surface area contributed by atoms with Crippen LogP contribution in [-0.2, 0) is 0 Å². The lowest BCUT2D eigenvalue weighted by atomic mass is 10.1. The summed E-state index contributed by atoms with van der Waals surface area (Å²) < 4.78 is 10.9. The van der Waals surface area contributed by atoms with Gasteiger partial charge in [-0.1, -0.05) is 6.92 Å². The van der Waals surface area contributed by atoms with Crippen molar-refractivity contribution >= 4 is 5.91 Å². The van der Waals surface area contributed by atoms with E-state index in [0.29, 0.717) is 43.4 Å². The minimum absolute atomic E-state index is 0.0315. The average molecular weight is 265 g/mol. The van der Waals surface area contributed by atoms with Gasteiger partial charge in [-0.2, -0.15) is 0 Å². The maximum absolute atomic E-state index is 12.3. The van der Waals surface area contributed by atoms with Crippen LogP contribution in [0.2, 0.25) is 0 Å². The van der Waals surface area contributed by atoms with Crippen LogP contribution in [0.15, 0.2) is 18.2 Å². The molecule has 1 aromatic carbocycles. The van der Waals surface area contributed by atoms with E-state index in [-0.39, 0.29) is 12.5 Å². The zero-order valence-electron chi connectivity index (χ0n) is 11.1. The van der Waals surface area contributed by atoms with Crippen LogP contribution in [-0.4, -0.2) is 48.8 Å². The summed E-state index contributed by atoms with van der Waals surface area (Å²) in [4.78, 5) is 14.0. The van der Waals surface area contributed by atoms with E-state index < -0.39 is 0 Å². The number of ether oxygens (including phenoxy) is 2. The molecule has 2 rings (SSSR count). The molecule has 1 N–H and O–H groups in total. The van der Waals surface area contributed by atoms with Gasteiger partial charge in [0.1, 0.15) is 13.2 Å². The summed E-state index contributed by atoms with van der Waals surface area (Å²) >= 11 is 0. The van der Waals surface area contributed by atoms with E-state index >= 15 is 0 Å². The number of fused-ring (bicyclic) bond motifs is 1. The van der Waals surface area contributed by atoms with Crippen LogP contribution in [0, 0.1) is 0 Å². The van der Waals surface area contributed by atoms with Crippen molar-refractivity contribution in [1.82, 2.24) is 4.90 Å². The molecule has 0 saturated carbocycles. The Morgan fingerprint density at radius 3 is 2.68 bits per heavy atom. The lowest BCUT2D eigenvalue weighted by Gasteiger charge is -2.23. The predicted octanol–water partition coefficient (Wildman–Crippen LogP) is 1.30. The second-order valence-electron chi connectivity index (χ2n) is 4.37. The van der Waals surface area contributed by atoms with Gasteiger partial charge in [-0.3, -0.25) is 4.79 Å². The molecule has 1 aliphatic rings. The Bertz CT molecular complexity index is 441. The third-order valence-corrected chi connectivity index (χ3v) is 2.94. The first-order chi connectivity index (χ1) is 9.26. The fraction of sp³-hybridized carbons (Fsp3) is 0.500. The third-order valence-electron chi connectivity index (χ3n) is 2.94. The number of carbonyl (C=O) groups is 1. The van der Waals surface area contributed by atoms with Gasteiger partial charge in [-0.15, -0.1) is 0 Å². The SMILES string of the molecule is CCCN(CCO)C(=O)c1ccc2c(c1)OCCO2.